The van der Waals surface area contributed by atoms with Crippen molar-refractivity contribution in [2.45, 2.75) is 6.04 Å². The van der Waals surface area contributed by atoms with Crippen LogP contribution in [0.2, 0.25) is 0 Å². The van der Waals surface area contributed by atoms with Gasteiger partial charge in [-0.1, -0.05) is 6.07 Å². The minimum atomic E-state index is -0.445. The Morgan fingerprint density at radius 1 is 1.47 bits per heavy atom. The summed E-state index contributed by atoms with van der Waals surface area (Å²) in [5.41, 5.74) is 0.297. The van der Waals surface area contributed by atoms with Crippen LogP contribution in [0.4, 0.5) is 4.39 Å². The van der Waals surface area contributed by atoms with Crippen LogP contribution < -0.4 is 5.32 Å². The number of hydrogen-bond acceptors (Lipinski definition) is 3. The second-order valence-corrected chi connectivity index (χ2v) is 4.42. The van der Waals surface area contributed by atoms with Gasteiger partial charge in [-0.15, -0.1) is 0 Å². The van der Waals surface area contributed by atoms with E-state index in [1.807, 2.05) is 5.32 Å². The number of carbonyl (C=O) groups is 2. The Bertz CT molecular complexity index is 493. The van der Waals surface area contributed by atoms with E-state index in [-0.39, 0.29) is 18.4 Å². The highest BCUT2D eigenvalue weighted by Gasteiger charge is 2.32. The number of nitrogens with two attached hydrogens (primary N) is 1. The van der Waals surface area contributed by atoms with Gasteiger partial charge in [-0.2, -0.15) is 0 Å². The molecule has 0 spiro atoms. The van der Waals surface area contributed by atoms with Crippen LogP contribution in [-0.4, -0.2) is 49.6 Å². The molecule has 0 aromatic heterocycles. The van der Waals surface area contributed by atoms with Gasteiger partial charge in [0.15, 0.2) is 0 Å². The Morgan fingerprint density at radius 2 is 2.26 bits per heavy atom. The summed E-state index contributed by atoms with van der Waals surface area (Å²) in [5.74, 6) is -1.06. The fourth-order valence-electron chi connectivity index (χ4n) is 2.15. The van der Waals surface area contributed by atoms with Crippen LogP contribution in [0, 0.1) is 5.82 Å². The highest BCUT2D eigenvalue weighted by Crippen LogP contribution is 2.08. The first-order chi connectivity index (χ1) is 9.11. The van der Waals surface area contributed by atoms with Crippen molar-refractivity contribution < 1.29 is 24.0 Å². The van der Waals surface area contributed by atoms with E-state index in [0.717, 1.165) is 0 Å². The lowest BCUT2D eigenvalue weighted by Crippen LogP contribution is -2.97. The van der Waals surface area contributed by atoms with Gasteiger partial charge in [0.2, 0.25) is 6.04 Å². The van der Waals surface area contributed by atoms with E-state index in [9.17, 15) is 14.0 Å². The average molecular weight is 267 g/mol. The quantitative estimate of drug-likeness (QED) is 0.727. The molecule has 1 aromatic rings. The minimum Gasteiger partial charge on any atom is -0.465 e. The SMILES string of the molecule is COC(=O)[C@@H]1CN(C(=O)c2cccc(F)c2)CC[NH2+]1. The number of rotatable bonds is 2. The molecule has 1 aliphatic rings. The fraction of sp³-hybridized carbons (Fsp3) is 0.385. The Kier molecular flexibility index (Phi) is 4.11. The van der Waals surface area contributed by atoms with Crippen LogP contribution in [0.5, 0.6) is 0 Å². The predicted octanol–water partition coefficient (Wildman–Crippen LogP) is -0.613. The van der Waals surface area contributed by atoms with Crippen molar-refractivity contribution in [1.82, 2.24) is 4.90 Å². The molecule has 19 heavy (non-hydrogen) atoms. The molecule has 6 heteroatoms. The van der Waals surface area contributed by atoms with Crippen molar-refractivity contribution in [2.75, 3.05) is 26.7 Å². The third kappa shape index (κ3) is 3.08. The first-order valence-electron chi connectivity index (χ1n) is 6.08. The number of esters is 1. The Labute approximate surface area is 110 Å². The monoisotopic (exact) mass is 267 g/mol. The Morgan fingerprint density at radius 3 is 2.95 bits per heavy atom. The third-order valence-electron chi connectivity index (χ3n) is 3.13. The van der Waals surface area contributed by atoms with Gasteiger partial charge >= 0.3 is 5.97 Å². The van der Waals surface area contributed by atoms with E-state index >= 15 is 0 Å². The van der Waals surface area contributed by atoms with E-state index in [4.69, 9.17) is 0 Å². The number of nitrogens with zero attached hydrogens (tertiary/aromatic N) is 1. The molecule has 0 aliphatic carbocycles. The van der Waals surface area contributed by atoms with Crippen LogP contribution in [0.1, 0.15) is 10.4 Å². The molecular weight excluding hydrogens is 251 g/mol. The van der Waals surface area contributed by atoms with Gasteiger partial charge in [-0.05, 0) is 18.2 Å². The number of benzene rings is 1. The number of methoxy groups -OCH3 is 1. The molecule has 0 radical (unpaired) electrons. The van der Waals surface area contributed by atoms with Crippen LogP contribution in [0.25, 0.3) is 0 Å². The zero-order valence-electron chi connectivity index (χ0n) is 10.6. The standard InChI is InChI=1S/C13H15FN2O3/c1-19-13(18)11-8-16(6-5-15-11)12(17)9-3-2-4-10(14)7-9/h2-4,7,11,15H,5-6,8H2,1H3/p+1/t11-/m0/s1. The lowest BCUT2D eigenvalue weighted by molar-refractivity contribution is -0.685. The van der Waals surface area contributed by atoms with Crippen molar-refractivity contribution in [3.63, 3.8) is 0 Å². The summed E-state index contributed by atoms with van der Waals surface area (Å²) in [7, 11) is 1.32. The van der Waals surface area contributed by atoms with Crippen molar-refractivity contribution in [3.8, 4) is 0 Å². The van der Waals surface area contributed by atoms with E-state index < -0.39 is 11.9 Å². The predicted molar refractivity (Wildman–Crippen MR) is 64.9 cm³/mol. The van der Waals surface area contributed by atoms with Gasteiger partial charge < -0.3 is 15.0 Å². The summed E-state index contributed by atoms with van der Waals surface area (Å²) < 4.78 is 17.8. The lowest BCUT2D eigenvalue weighted by atomic mass is 10.1. The first kappa shape index (κ1) is 13.5. The molecule has 1 heterocycles. The summed E-state index contributed by atoms with van der Waals surface area (Å²) in [6.07, 6.45) is 0. The van der Waals surface area contributed by atoms with E-state index in [0.29, 0.717) is 18.7 Å². The number of halogens is 1. The number of ether oxygens (including phenoxy) is 1. The highest BCUT2D eigenvalue weighted by atomic mass is 19.1. The zero-order chi connectivity index (χ0) is 13.8. The Hall–Kier alpha value is -1.95. The number of piperazine rings is 1. The summed E-state index contributed by atoms with van der Waals surface area (Å²) in [6, 6.07) is 5.15. The molecular formula is C13H16FN2O3+. The minimum absolute atomic E-state index is 0.262. The van der Waals surface area contributed by atoms with Crippen LogP contribution in [0.3, 0.4) is 0 Å². The van der Waals surface area contributed by atoms with Gasteiger partial charge in [0.05, 0.1) is 26.7 Å². The average Bonchev–Trinajstić information content (AvgIpc) is 2.45. The summed E-state index contributed by atoms with van der Waals surface area (Å²) in [4.78, 5) is 25.2. The molecule has 102 valence electrons. The molecule has 1 fully saturated rings. The van der Waals surface area contributed by atoms with Crippen molar-refractivity contribution in [1.29, 1.82) is 0 Å². The normalized spacial score (nSPS) is 19.1. The maximum Gasteiger partial charge on any atom is 0.366 e. The van der Waals surface area contributed by atoms with Crippen LogP contribution in [0.15, 0.2) is 24.3 Å². The smallest absolute Gasteiger partial charge is 0.366 e. The molecule has 1 aromatic carbocycles. The maximum absolute atomic E-state index is 13.1. The summed E-state index contributed by atoms with van der Waals surface area (Å²) in [5, 5.41) is 1.85. The second-order valence-electron chi connectivity index (χ2n) is 4.42. The molecule has 2 N–H and O–H groups in total. The lowest BCUT2D eigenvalue weighted by Gasteiger charge is -2.29. The number of carbonyl (C=O) groups excluding carboxylic acids is 2. The molecule has 1 saturated heterocycles. The van der Waals surface area contributed by atoms with Gasteiger partial charge in [0, 0.05) is 5.56 Å². The third-order valence-corrected chi connectivity index (χ3v) is 3.13. The largest absolute Gasteiger partial charge is 0.465 e. The van der Waals surface area contributed by atoms with Crippen molar-refractivity contribution in [2.24, 2.45) is 0 Å². The van der Waals surface area contributed by atoms with E-state index in [1.165, 1.54) is 25.3 Å². The molecule has 0 unspecified atom stereocenters. The second kappa shape index (κ2) is 5.79. The van der Waals surface area contributed by atoms with Crippen LogP contribution in [-0.2, 0) is 9.53 Å². The van der Waals surface area contributed by atoms with Gasteiger partial charge in [0.1, 0.15) is 5.82 Å². The molecule has 0 saturated carbocycles. The first-order valence-corrected chi connectivity index (χ1v) is 6.08. The Balaban J connectivity index is 2.09. The number of amides is 1. The molecule has 2 rings (SSSR count). The molecule has 0 bridgehead atoms. The molecule has 5 nitrogen and oxygen atoms in total. The van der Waals surface area contributed by atoms with Crippen molar-refractivity contribution in [3.05, 3.63) is 35.6 Å². The molecule has 1 amide bonds. The van der Waals surface area contributed by atoms with Crippen LogP contribution >= 0.6 is 0 Å². The van der Waals surface area contributed by atoms with Gasteiger partial charge in [-0.3, -0.25) is 4.79 Å². The maximum atomic E-state index is 13.1. The van der Waals surface area contributed by atoms with Gasteiger partial charge in [0.25, 0.3) is 5.91 Å². The van der Waals surface area contributed by atoms with Crippen molar-refractivity contribution >= 4 is 11.9 Å². The highest BCUT2D eigenvalue weighted by molar-refractivity contribution is 5.94. The zero-order valence-corrected chi connectivity index (χ0v) is 10.6. The molecule has 1 aliphatic heterocycles. The van der Waals surface area contributed by atoms with E-state index in [2.05, 4.69) is 4.74 Å². The summed E-state index contributed by atoms with van der Waals surface area (Å²) in [6.45, 7) is 1.44. The number of hydrogen-bond donors (Lipinski definition) is 1. The summed E-state index contributed by atoms with van der Waals surface area (Å²) >= 11 is 0. The fourth-order valence-corrected chi connectivity index (χ4v) is 2.15. The topological polar surface area (TPSA) is 63.2 Å². The van der Waals surface area contributed by atoms with Gasteiger partial charge in [-0.25, -0.2) is 9.18 Å². The number of quaternary nitrogens is 1. The molecule has 1 atom stereocenters. The van der Waals surface area contributed by atoms with E-state index in [1.54, 1.807) is 11.0 Å².